The number of nitrogens with one attached hydrogen (secondary N) is 1. The first-order valence-corrected chi connectivity index (χ1v) is 10.1. The van der Waals surface area contributed by atoms with Gasteiger partial charge in [0.2, 0.25) is 5.91 Å². The van der Waals surface area contributed by atoms with Crippen LogP contribution in [-0.4, -0.2) is 73.1 Å². The molecule has 0 radical (unpaired) electrons. The number of hydrogen-bond acceptors (Lipinski definition) is 4. The van der Waals surface area contributed by atoms with E-state index in [2.05, 4.69) is 5.32 Å². The standard InChI is InChI=1S/C17H28N4O3S/c1-4-20(5-2)25(23,24)21-13-11-19(12-14-21)15(3)17(22)18-16-9-7-6-8-10-16/h6-10,15H,4-5,11-14H2,1-3H3,(H,18,22)/t15-/m0/s1. The molecule has 0 spiro atoms. The van der Waals surface area contributed by atoms with Crippen molar-refractivity contribution in [1.29, 1.82) is 0 Å². The maximum absolute atomic E-state index is 12.6. The van der Waals surface area contributed by atoms with Gasteiger partial charge in [0.05, 0.1) is 6.04 Å². The molecule has 1 atom stereocenters. The largest absolute Gasteiger partial charge is 0.325 e. The summed E-state index contributed by atoms with van der Waals surface area (Å²) in [4.78, 5) is 14.4. The third-order valence-corrected chi connectivity index (χ3v) is 6.79. The summed E-state index contributed by atoms with van der Waals surface area (Å²) in [7, 11) is -3.40. The Balaban J connectivity index is 1.92. The zero-order valence-corrected chi connectivity index (χ0v) is 16.0. The van der Waals surface area contributed by atoms with Crippen LogP contribution >= 0.6 is 0 Å². The first-order chi connectivity index (χ1) is 11.9. The van der Waals surface area contributed by atoms with Crippen LogP contribution in [0.1, 0.15) is 20.8 Å². The lowest BCUT2D eigenvalue weighted by Crippen LogP contribution is -2.56. The predicted molar refractivity (Wildman–Crippen MR) is 99.5 cm³/mol. The highest BCUT2D eigenvalue weighted by atomic mass is 32.2. The number of para-hydroxylation sites is 1. The number of hydrogen-bond donors (Lipinski definition) is 1. The van der Waals surface area contributed by atoms with E-state index in [0.29, 0.717) is 39.3 Å². The first-order valence-electron chi connectivity index (χ1n) is 8.75. The summed E-state index contributed by atoms with van der Waals surface area (Å²) in [5, 5.41) is 2.90. The molecule has 1 amide bonds. The van der Waals surface area contributed by atoms with Crippen molar-refractivity contribution in [3.05, 3.63) is 30.3 Å². The van der Waals surface area contributed by atoms with Gasteiger partial charge in [-0.15, -0.1) is 0 Å². The second kappa shape index (κ2) is 8.75. The Bertz CT molecular complexity index is 654. The fraction of sp³-hybridized carbons (Fsp3) is 0.588. The molecule has 0 unspecified atom stereocenters. The van der Waals surface area contributed by atoms with Crippen LogP contribution in [0.3, 0.4) is 0 Å². The van der Waals surface area contributed by atoms with Crippen molar-refractivity contribution >= 4 is 21.8 Å². The van der Waals surface area contributed by atoms with Crippen LogP contribution in [0.2, 0.25) is 0 Å². The third kappa shape index (κ3) is 4.78. The molecule has 1 aromatic carbocycles. The van der Waals surface area contributed by atoms with Gasteiger partial charge in [0.1, 0.15) is 0 Å². The lowest BCUT2D eigenvalue weighted by molar-refractivity contribution is -0.121. The molecule has 140 valence electrons. The molecular formula is C17H28N4O3S. The van der Waals surface area contributed by atoms with Gasteiger partial charge in [0.15, 0.2) is 0 Å². The number of nitrogens with zero attached hydrogens (tertiary/aromatic N) is 3. The summed E-state index contributed by atoms with van der Waals surface area (Å²) in [6.45, 7) is 8.37. The molecule has 1 aliphatic heterocycles. The van der Waals surface area contributed by atoms with Gasteiger partial charge >= 0.3 is 0 Å². The van der Waals surface area contributed by atoms with E-state index in [1.54, 1.807) is 0 Å². The predicted octanol–water partition coefficient (Wildman–Crippen LogP) is 1.22. The van der Waals surface area contributed by atoms with Crippen molar-refractivity contribution in [2.24, 2.45) is 0 Å². The zero-order valence-electron chi connectivity index (χ0n) is 15.2. The van der Waals surface area contributed by atoms with Gasteiger partial charge < -0.3 is 5.32 Å². The summed E-state index contributed by atoms with van der Waals surface area (Å²) in [6, 6.07) is 9.03. The molecule has 1 fully saturated rings. The number of carbonyl (C=O) groups excluding carboxylic acids is 1. The number of piperazine rings is 1. The number of anilines is 1. The van der Waals surface area contributed by atoms with E-state index in [0.717, 1.165) is 5.69 Å². The first kappa shape index (κ1) is 19.8. The van der Waals surface area contributed by atoms with Gasteiger partial charge in [0.25, 0.3) is 10.2 Å². The normalized spacial score (nSPS) is 18.2. The molecular weight excluding hydrogens is 340 g/mol. The van der Waals surface area contributed by atoms with Crippen LogP contribution in [0.25, 0.3) is 0 Å². The number of benzene rings is 1. The van der Waals surface area contributed by atoms with Gasteiger partial charge in [-0.25, -0.2) is 0 Å². The van der Waals surface area contributed by atoms with Crippen molar-refractivity contribution < 1.29 is 13.2 Å². The zero-order chi connectivity index (χ0) is 18.4. The molecule has 7 nitrogen and oxygen atoms in total. The van der Waals surface area contributed by atoms with Gasteiger partial charge in [-0.2, -0.15) is 17.0 Å². The molecule has 1 aliphatic rings. The smallest absolute Gasteiger partial charge is 0.282 e. The fourth-order valence-electron chi connectivity index (χ4n) is 2.97. The number of rotatable bonds is 7. The highest BCUT2D eigenvalue weighted by Crippen LogP contribution is 2.15. The molecule has 0 saturated carbocycles. The van der Waals surface area contributed by atoms with Crippen LogP contribution in [-0.2, 0) is 15.0 Å². The van der Waals surface area contributed by atoms with Crippen molar-refractivity contribution in [2.75, 3.05) is 44.6 Å². The van der Waals surface area contributed by atoms with Crippen LogP contribution in [0.4, 0.5) is 5.69 Å². The fourth-order valence-corrected chi connectivity index (χ4v) is 4.57. The number of carbonyl (C=O) groups is 1. The minimum absolute atomic E-state index is 0.0775. The highest BCUT2D eigenvalue weighted by Gasteiger charge is 2.33. The molecule has 0 bridgehead atoms. The van der Waals surface area contributed by atoms with Crippen molar-refractivity contribution in [2.45, 2.75) is 26.8 Å². The Morgan fingerprint density at radius 1 is 1.12 bits per heavy atom. The van der Waals surface area contributed by atoms with Crippen LogP contribution in [0.15, 0.2) is 30.3 Å². The topological polar surface area (TPSA) is 73.0 Å². The summed E-state index contributed by atoms with van der Waals surface area (Å²) in [6.07, 6.45) is 0. The molecule has 2 rings (SSSR count). The lowest BCUT2D eigenvalue weighted by Gasteiger charge is -2.38. The minimum Gasteiger partial charge on any atom is -0.325 e. The maximum Gasteiger partial charge on any atom is 0.282 e. The van der Waals surface area contributed by atoms with E-state index in [-0.39, 0.29) is 11.9 Å². The molecule has 0 aromatic heterocycles. The van der Waals surface area contributed by atoms with Crippen LogP contribution in [0.5, 0.6) is 0 Å². The lowest BCUT2D eigenvalue weighted by atomic mass is 10.2. The quantitative estimate of drug-likeness (QED) is 0.785. The second-order valence-electron chi connectivity index (χ2n) is 6.06. The maximum atomic E-state index is 12.6. The highest BCUT2D eigenvalue weighted by molar-refractivity contribution is 7.86. The molecule has 0 aliphatic carbocycles. The van der Waals surface area contributed by atoms with E-state index >= 15 is 0 Å². The van der Waals surface area contributed by atoms with Crippen LogP contribution < -0.4 is 5.32 Å². The Labute approximate surface area is 150 Å². The summed E-state index contributed by atoms with van der Waals surface area (Å²) in [5.74, 6) is -0.0775. The van der Waals surface area contributed by atoms with E-state index in [1.807, 2.05) is 56.0 Å². The monoisotopic (exact) mass is 368 g/mol. The van der Waals surface area contributed by atoms with Gasteiger partial charge in [-0.3, -0.25) is 9.69 Å². The SMILES string of the molecule is CCN(CC)S(=O)(=O)N1CCN([C@@H](C)C(=O)Nc2ccccc2)CC1. The average Bonchev–Trinajstić information content (AvgIpc) is 2.63. The third-order valence-electron chi connectivity index (χ3n) is 4.60. The Hall–Kier alpha value is -1.48. The second-order valence-corrected chi connectivity index (χ2v) is 7.99. The summed E-state index contributed by atoms with van der Waals surface area (Å²) >= 11 is 0. The molecule has 8 heteroatoms. The van der Waals surface area contributed by atoms with Crippen LogP contribution in [0, 0.1) is 0 Å². The van der Waals surface area contributed by atoms with Crippen molar-refractivity contribution in [3.63, 3.8) is 0 Å². The number of amides is 1. The van der Waals surface area contributed by atoms with Gasteiger partial charge in [-0.1, -0.05) is 32.0 Å². The summed E-state index contributed by atoms with van der Waals surface area (Å²) < 4.78 is 28.1. The Kier molecular flexibility index (Phi) is 6.95. The van der Waals surface area contributed by atoms with Crippen molar-refractivity contribution in [3.8, 4) is 0 Å². The molecule has 25 heavy (non-hydrogen) atoms. The minimum atomic E-state index is -3.40. The Morgan fingerprint density at radius 2 is 1.68 bits per heavy atom. The van der Waals surface area contributed by atoms with E-state index in [4.69, 9.17) is 0 Å². The molecule has 1 saturated heterocycles. The van der Waals surface area contributed by atoms with E-state index in [9.17, 15) is 13.2 Å². The van der Waals surface area contributed by atoms with E-state index in [1.165, 1.54) is 8.61 Å². The van der Waals surface area contributed by atoms with Gasteiger partial charge in [0, 0.05) is 45.0 Å². The Morgan fingerprint density at radius 3 is 2.20 bits per heavy atom. The summed E-state index contributed by atoms with van der Waals surface area (Å²) in [5.41, 5.74) is 0.766. The molecule has 1 aromatic rings. The van der Waals surface area contributed by atoms with Gasteiger partial charge in [-0.05, 0) is 19.1 Å². The van der Waals surface area contributed by atoms with E-state index < -0.39 is 10.2 Å². The average molecular weight is 369 g/mol. The molecule has 1 heterocycles. The molecule has 1 N–H and O–H groups in total. The van der Waals surface area contributed by atoms with Crippen molar-refractivity contribution in [1.82, 2.24) is 13.5 Å².